The highest BCUT2D eigenvalue weighted by atomic mass is 127. The van der Waals surface area contributed by atoms with Gasteiger partial charge < -0.3 is 15.4 Å². The van der Waals surface area contributed by atoms with Crippen molar-refractivity contribution >= 4 is 46.1 Å². The van der Waals surface area contributed by atoms with Crippen molar-refractivity contribution in [2.45, 2.75) is 24.7 Å². The minimum atomic E-state index is -4.75. The predicted octanol–water partition coefficient (Wildman–Crippen LogP) is 5.30. The lowest BCUT2D eigenvalue weighted by molar-refractivity contribution is -0.138. The number of benzene rings is 3. The molecule has 0 aliphatic carbocycles. The van der Waals surface area contributed by atoms with Crippen LogP contribution in [0.5, 0.6) is 5.75 Å². The molecule has 1 heterocycles. The molecule has 2 unspecified atom stereocenters. The lowest BCUT2D eigenvalue weighted by Gasteiger charge is -2.26. The number of nitrogens with zero attached hydrogens (tertiary/aromatic N) is 1. The number of ether oxygens (including phenoxy) is 1. The van der Waals surface area contributed by atoms with E-state index in [0.717, 1.165) is 18.2 Å². The Kier molecular flexibility index (Phi) is 7.90. The van der Waals surface area contributed by atoms with Crippen LogP contribution in [0.25, 0.3) is 0 Å². The molecular formula is C26H20F4IN3O4. The first-order valence-electron chi connectivity index (χ1n) is 11.2. The molecule has 1 aliphatic heterocycles. The molecule has 0 bridgehead atoms. The number of urea groups is 1. The fourth-order valence-corrected chi connectivity index (χ4v) is 4.56. The topological polar surface area (TPSA) is 87.7 Å². The van der Waals surface area contributed by atoms with E-state index in [4.69, 9.17) is 4.74 Å². The van der Waals surface area contributed by atoms with Crippen LogP contribution in [0.4, 0.5) is 28.0 Å². The summed E-state index contributed by atoms with van der Waals surface area (Å²) in [6.07, 6.45) is -5.40. The molecule has 0 aromatic heterocycles. The van der Waals surface area contributed by atoms with Crippen molar-refractivity contribution in [3.05, 3.63) is 92.8 Å². The van der Waals surface area contributed by atoms with E-state index in [0.29, 0.717) is 19.8 Å². The Morgan fingerprint density at radius 3 is 2.42 bits per heavy atom. The van der Waals surface area contributed by atoms with Gasteiger partial charge in [0.2, 0.25) is 5.91 Å². The maximum absolute atomic E-state index is 14.5. The highest BCUT2D eigenvalue weighted by molar-refractivity contribution is 14.1. The van der Waals surface area contributed by atoms with Crippen molar-refractivity contribution in [3.8, 4) is 5.75 Å². The molecule has 0 saturated carbocycles. The van der Waals surface area contributed by atoms with Gasteiger partial charge in [-0.25, -0.2) is 14.1 Å². The molecule has 1 saturated heterocycles. The van der Waals surface area contributed by atoms with Gasteiger partial charge in [-0.1, -0.05) is 30.3 Å². The van der Waals surface area contributed by atoms with Crippen molar-refractivity contribution in [1.82, 2.24) is 10.2 Å². The Labute approximate surface area is 228 Å². The summed E-state index contributed by atoms with van der Waals surface area (Å²) in [5.41, 5.74) is -1.19. The van der Waals surface area contributed by atoms with Crippen LogP contribution in [0, 0.1) is 9.39 Å². The van der Waals surface area contributed by atoms with E-state index in [9.17, 15) is 31.9 Å². The second kappa shape index (κ2) is 11.0. The molecule has 2 atom stereocenters. The third-order valence-electron chi connectivity index (χ3n) is 5.96. The molecule has 3 aromatic rings. The summed E-state index contributed by atoms with van der Waals surface area (Å²) in [7, 11) is 1.46. The number of alkyl halides is 3. The first-order valence-corrected chi connectivity index (χ1v) is 12.3. The summed E-state index contributed by atoms with van der Waals surface area (Å²) in [6.45, 7) is 0. The van der Waals surface area contributed by atoms with E-state index in [1.807, 2.05) is 22.6 Å². The van der Waals surface area contributed by atoms with Crippen molar-refractivity contribution in [2.75, 3.05) is 12.4 Å². The van der Waals surface area contributed by atoms with Crippen molar-refractivity contribution in [1.29, 1.82) is 0 Å². The van der Waals surface area contributed by atoms with Gasteiger partial charge in [-0.3, -0.25) is 9.59 Å². The maximum atomic E-state index is 14.5. The molecule has 3 aromatic carbocycles. The standard InChI is InChI=1S/C26H20F4IN3O4/c1-38-17-9-6-14(7-10-17)22-24(36)34(25(37)33-22)21(12-15-4-2-3-5-18(15)26(28,29)30)23(35)32-20-11-8-16(31)13-19(20)27/h2-11,13,21-22H,12H2,1H3,(H,32,35)(H,33,37). The van der Waals surface area contributed by atoms with Crippen LogP contribution >= 0.6 is 22.6 Å². The van der Waals surface area contributed by atoms with Gasteiger partial charge in [0, 0.05) is 9.99 Å². The number of carbonyl (C=O) groups excluding carboxylic acids is 3. The number of hydrogen-bond donors (Lipinski definition) is 2. The predicted molar refractivity (Wildman–Crippen MR) is 138 cm³/mol. The van der Waals surface area contributed by atoms with Gasteiger partial charge in [-0.2, -0.15) is 13.2 Å². The van der Waals surface area contributed by atoms with Crippen LogP contribution in [-0.2, 0) is 22.2 Å². The number of amides is 4. The highest BCUT2D eigenvalue weighted by Gasteiger charge is 2.46. The van der Waals surface area contributed by atoms with Crippen LogP contribution in [-0.4, -0.2) is 35.9 Å². The first kappa shape index (κ1) is 27.4. The molecule has 12 heteroatoms. The van der Waals surface area contributed by atoms with Gasteiger partial charge in [0.05, 0.1) is 18.4 Å². The average molecular weight is 641 g/mol. The quantitative estimate of drug-likeness (QED) is 0.208. The molecule has 4 rings (SSSR count). The Morgan fingerprint density at radius 2 is 1.79 bits per heavy atom. The number of imide groups is 1. The number of carbonyl (C=O) groups is 3. The number of methoxy groups -OCH3 is 1. The highest BCUT2D eigenvalue weighted by Crippen LogP contribution is 2.34. The largest absolute Gasteiger partial charge is 0.497 e. The van der Waals surface area contributed by atoms with Crippen LogP contribution in [0.15, 0.2) is 66.7 Å². The van der Waals surface area contributed by atoms with Crippen LogP contribution in [0.2, 0.25) is 0 Å². The van der Waals surface area contributed by atoms with Crippen LogP contribution < -0.4 is 15.4 Å². The zero-order valence-electron chi connectivity index (χ0n) is 19.7. The van der Waals surface area contributed by atoms with Gasteiger partial charge in [0.15, 0.2) is 0 Å². The van der Waals surface area contributed by atoms with Crippen LogP contribution in [0.3, 0.4) is 0 Å². The van der Waals surface area contributed by atoms with E-state index in [2.05, 4.69) is 10.6 Å². The lowest BCUT2D eigenvalue weighted by atomic mass is 9.97. The van der Waals surface area contributed by atoms with Gasteiger partial charge in [-0.15, -0.1) is 0 Å². The zero-order valence-corrected chi connectivity index (χ0v) is 21.8. The maximum Gasteiger partial charge on any atom is 0.416 e. The number of hydrogen-bond acceptors (Lipinski definition) is 4. The minimum Gasteiger partial charge on any atom is -0.497 e. The van der Waals surface area contributed by atoms with Gasteiger partial charge in [0.1, 0.15) is 23.7 Å². The molecular weight excluding hydrogens is 621 g/mol. The fraction of sp³-hybridized carbons (Fsp3) is 0.192. The molecule has 7 nitrogen and oxygen atoms in total. The molecule has 0 spiro atoms. The SMILES string of the molecule is COc1ccc(C2NC(=O)N(C(Cc3ccccc3C(F)(F)F)C(=O)Nc3ccc(I)cc3F)C2=O)cc1. The Morgan fingerprint density at radius 1 is 1.11 bits per heavy atom. The second-order valence-electron chi connectivity index (χ2n) is 8.35. The zero-order chi connectivity index (χ0) is 27.6. The first-order chi connectivity index (χ1) is 18.0. The van der Waals surface area contributed by atoms with Gasteiger partial charge in [-0.05, 0) is 70.1 Å². The van der Waals surface area contributed by atoms with Crippen molar-refractivity contribution in [2.24, 2.45) is 0 Å². The molecule has 198 valence electrons. The number of halogens is 5. The Bertz CT molecular complexity index is 1380. The summed E-state index contributed by atoms with van der Waals surface area (Å²) in [6, 6.07) is 10.8. The monoisotopic (exact) mass is 641 g/mol. The third-order valence-corrected chi connectivity index (χ3v) is 6.63. The minimum absolute atomic E-state index is 0.247. The van der Waals surface area contributed by atoms with Crippen LogP contribution in [0.1, 0.15) is 22.7 Å². The normalized spacial score (nSPS) is 16.3. The third kappa shape index (κ3) is 5.74. The van der Waals surface area contributed by atoms with E-state index in [1.165, 1.54) is 31.4 Å². The molecule has 0 radical (unpaired) electrons. The van der Waals surface area contributed by atoms with Gasteiger partial charge in [0.25, 0.3) is 5.91 Å². The summed E-state index contributed by atoms with van der Waals surface area (Å²) in [5.74, 6) is -2.15. The van der Waals surface area contributed by atoms with E-state index < -0.39 is 53.9 Å². The van der Waals surface area contributed by atoms with Gasteiger partial charge >= 0.3 is 12.2 Å². The molecule has 1 aliphatic rings. The second-order valence-corrected chi connectivity index (χ2v) is 9.60. The lowest BCUT2D eigenvalue weighted by Crippen LogP contribution is -2.49. The summed E-state index contributed by atoms with van der Waals surface area (Å²) in [5, 5.41) is 4.79. The van der Waals surface area contributed by atoms with E-state index in [-0.39, 0.29) is 11.3 Å². The number of nitrogens with one attached hydrogen (secondary N) is 2. The molecule has 38 heavy (non-hydrogen) atoms. The molecule has 4 amide bonds. The Hall–Kier alpha value is -3.68. The molecule has 1 fully saturated rings. The Balaban J connectivity index is 1.71. The number of anilines is 1. The van der Waals surface area contributed by atoms with E-state index >= 15 is 0 Å². The fourth-order valence-electron chi connectivity index (χ4n) is 4.10. The number of rotatable bonds is 7. The molecule has 2 N–H and O–H groups in total. The summed E-state index contributed by atoms with van der Waals surface area (Å²) in [4.78, 5) is 40.3. The summed E-state index contributed by atoms with van der Waals surface area (Å²) >= 11 is 1.87. The summed E-state index contributed by atoms with van der Waals surface area (Å²) < 4.78 is 61.2. The van der Waals surface area contributed by atoms with E-state index in [1.54, 1.807) is 24.3 Å². The average Bonchev–Trinajstić information content (AvgIpc) is 3.17. The van der Waals surface area contributed by atoms with Crippen molar-refractivity contribution < 1.29 is 36.7 Å². The van der Waals surface area contributed by atoms with Crippen molar-refractivity contribution in [3.63, 3.8) is 0 Å². The smallest absolute Gasteiger partial charge is 0.416 e.